The summed E-state index contributed by atoms with van der Waals surface area (Å²) in [6.45, 7) is 0. The minimum atomic E-state index is 1.17. The molecule has 0 saturated heterocycles. The highest BCUT2D eigenvalue weighted by molar-refractivity contribution is 6.09. The Bertz CT molecular complexity index is 1490. The van der Waals surface area contributed by atoms with E-state index in [-0.39, 0.29) is 0 Å². The zero-order chi connectivity index (χ0) is 22.2. The molecule has 0 amide bonds. The van der Waals surface area contributed by atoms with E-state index in [0.29, 0.717) is 0 Å². The van der Waals surface area contributed by atoms with E-state index in [1.807, 2.05) is 6.07 Å². The van der Waals surface area contributed by atoms with E-state index >= 15 is 0 Å². The summed E-state index contributed by atoms with van der Waals surface area (Å²) in [7, 11) is 2.10. The number of anilines is 2. The molecular formula is C31H24N2. The fourth-order valence-electron chi connectivity index (χ4n) is 4.68. The number of hydrogen-bond donors (Lipinski definition) is 0. The first-order valence-corrected chi connectivity index (χ1v) is 11.3. The third-order valence-electron chi connectivity index (χ3n) is 6.44. The average Bonchev–Trinajstić information content (AvgIpc) is 3.23. The van der Waals surface area contributed by atoms with Gasteiger partial charge < -0.3 is 9.47 Å². The van der Waals surface area contributed by atoms with Crippen molar-refractivity contribution in [1.82, 2.24) is 4.57 Å². The van der Waals surface area contributed by atoms with Crippen molar-refractivity contribution >= 4 is 33.2 Å². The molecule has 1 heterocycles. The predicted molar refractivity (Wildman–Crippen MR) is 141 cm³/mol. The molecule has 0 radical (unpaired) electrons. The van der Waals surface area contributed by atoms with Crippen LogP contribution in [0.5, 0.6) is 0 Å². The van der Waals surface area contributed by atoms with Crippen LogP contribution in [0.1, 0.15) is 0 Å². The minimum absolute atomic E-state index is 1.17. The maximum absolute atomic E-state index is 2.35. The van der Waals surface area contributed by atoms with Gasteiger partial charge in [-0.3, -0.25) is 0 Å². The molecule has 0 aliphatic carbocycles. The van der Waals surface area contributed by atoms with Crippen molar-refractivity contribution in [1.29, 1.82) is 0 Å². The molecule has 0 spiro atoms. The summed E-state index contributed by atoms with van der Waals surface area (Å²) in [4.78, 5) is 2.20. The van der Waals surface area contributed by atoms with Crippen molar-refractivity contribution in [3.05, 3.63) is 127 Å². The van der Waals surface area contributed by atoms with E-state index in [2.05, 4.69) is 138 Å². The molecule has 6 aromatic rings. The molecule has 0 aliphatic heterocycles. The number of hydrogen-bond acceptors (Lipinski definition) is 1. The Balaban J connectivity index is 1.34. The van der Waals surface area contributed by atoms with Gasteiger partial charge in [-0.15, -0.1) is 0 Å². The molecule has 1 aromatic heterocycles. The highest BCUT2D eigenvalue weighted by atomic mass is 15.1. The largest absolute Gasteiger partial charge is 0.345 e. The lowest BCUT2D eigenvalue weighted by Gasteiger charge is -2.19. The van der Waals surface area contributed by atoms with E-state index in [4.69, 9.17) is 0 Å². The van der Waals surface area contributed by atoms with Crippen LogP contribution in [0.25, 0.3) is 38.6 Å². The van der Waals surface area contributed by atoms with Gasteiger partial charge in [0.2, 0.25) is 0 Å². The molecule has 0 saturated carbocycles. The van der Waals surface area contributed by atoms with Crippen LogP contribution in [0.15, 0.2) is 127 Å². The molecule has 0 bridgehead atoms. The number of rotatable bonds is 4. The first kappa shape index (κ1) is 19.4. The van der Waals surface area contributed by atoms with Crippen LogP contribution >= 0.6 is 0 Å². The van der Waals surface area contributed by atoms with Crippen molar-refractivity contribution in [3.63, 3.8) is 0 Å². The summed E-state index contributed by atoms with van der Waals surface area (Å²) in [6, 6.07) is 45.3. The highest BCUT2D eigenvalue weighted by Gasteiger charge is 2.11. The van der Waals surface area contributed by atoms with Crippen molar-refractivity contribution in [2.45, 2.75) is 0 Å². The lowest BCUT2D eigenvalue weighted by Crippen LogP contribution is -2.08. The first-order chi connectivity index (χ1) is 16.3. The Kier molecular flexibility index (Phi) is 4.70. The van der Waals surface area contributed by atoms with E-state index < -0.39 is 0 Å². The van der Waals surface area contributed by atoms with Gasteiger partial charge in [-0.1, -0.05) is 78.9 Å². The summed E-state index contributed by atoms with van der Waals surface area (Å²) in [5, 5.41) is 2.57. The Hall–Kier alpha value is -4.30. The summed E-state index contributed by atoms with van der Waals surface area (Å²) >= 11 is 0. The summed E-state index contributed by atoms with van der Waals surface area (Å²) < 4.78 is 2.35. The Labute approximate surface area is 194 Å². The van der Waals surface area contributed by atoms with E-state index in [0.717, 1.165) is 0 Å². The van der Waals surface area contributed by atoms with Gasteiger partial charge in [-0.2, -0.15) is 0 Å². The van der Waals surface area contributed by atoms with Gasteiger partial charge in [-0.05, 0) is 59.7 Å². The summed E-state index contributed by atoms with van der Waals surface area (Å²) in [5.74, 6) is 0. The number of fused-ring (bicyclic) bond motifs is 3. The average molecular weight is 425 g/mol. The molecule has 0 aliphatic rings. The number of para-hydroxylation sites is 3. The van der Waals surface area contributed by atoms with Crippen molar-refractivity contribution < 1.29 is 0 Å². The fraction of sp³-hybridized carbons (Fsp3) is 0.0323. The summed E-state index contributed by atoms with van der Waals surface area (Å²) in [6.07, 6.45) is 0. The van der Waals surface area contributed by atoms with Crippen molar-refractivity contribution in [2.75, 3.05) is 11.9 Å². The predicted octanol–water partition coefficient (Wildman–Crippen LogP) is 8.22. The molecule has 2 heteroatoms. The Morgan fingerprint density at radius 3 is 1.48 bits per heavy atom. The van der Waals surface area contributed by atoms with Crippen LogP contribution in [0.3, 0.4) is 0 Å². The molecular weight excluding hydrogens is 400 g/mol. The normalized spacial score (nSPS) is 11.2. The van der Waals surface area contributed by atoms with E-state index in [1.165, 1.54) is 50.0 Å². The van der Waals surface area contributed by atoms with E-state index in [1.54, 1.807) is 0 Å². The van der Waals surface area contributed by atoms with Crippen molar-refractivity contribution in [2.24, 2.45) is 0 Å². The number of nitrogens with zero attached hydrogens (tertiary/aromatic N) is 2. The molecule has 33 heavy (non-hydrogen) atoms. The minimum Gasteiger partial charge on any atom is -0.345 e. The number of aromatic nitrogens is 1. The SMILES string of the molecule is CN(c1ccccc1)c1ccc(-c2ccc(-n3c4ccccc4c4ccccc43)cc2)cc1. The topological polar surface area (TPSA) is 8.17 Å². The lowest BCUT2D eigenvalue weighted by atomic mass is 10.0. The monoisotopic (exact) mass is 424 g/mol. The molecule has 6 rings (SSSR count). The summed E-state index contributed by atoms with van der Waals surface area (Å²) in [5.41, 5.74) is 8.44. The molecule has 5 aromatic carbocycles. The molecule has 158 valence electrons. The molecule has 0 unspecified atom stereocenters. The van der Waals surface area contributed by atoms with Crippen LogP contribution in [0.2, 0.25) is 0 Å². The van der Waals surface area contributed by atoms with Gasteiger partial charge in [0.1, 0.15) is 0 Å². The van der Waals surface area contributed by atoms with Gasteiger partial charge in [0.15, 0.2) is 0 Å². The third kappa shape index (κ3) is 3.37. The quantitative estimate of drug-likeness (QED) is 0.277. The maximum atomic E-state index is 2.35. The molecule has 0 N–H and O–H groups in total. The van der Waals surface area contributed by atoms with Crippen LogP contribution in [-0.4, -0.2) is 11.6 Å². The zero-order valence-electron chi connectivity index (χ0n) is 18.5. The Morgan fingerprint density at radius 2 is 0.909 bits per heavy atom. The third-order valence-corrected chi connectivity index (χ3v) is 6.44. The second-order valence-corrected chi connectivity index (χ2v) is 8.36. The van der Waals surface area contributed by atoms with Crippen LogP contribution in [0.4, 0.5) is 11.4 Å². The standard InChI is InChI=1S/C31H24N2/c1-32(25-9-3-2-4-10-25)26-19-15-23(16-20-26)24-17-21-27(22-18-24)33-30-13-7-5-11-28(30)29-12-6-8-14-31(29)33/h2-22H,1H3. The maximum Gasteiger partial charge on any atom is 0.0541 e. The lowest BCUT2D eigenvalue weighted by molar-refractivity contribution is 1.18. The van der Waals surface area contributed by atoms with Gasteiger partial charge in [0.25, 0.3) is 0 Å². The fourth-order valence-corrected chi connectivity index (χ4v) is 4.68. The second-order valence-electron chi connectivity index (χ2n) is 8.36. The molecule has 2 nitrogen and oxygen atoms in total. The van der Waals surface area contributed by atoms with Crippen LogP contribution in [0, 0.1) is 0 Å². The Morgan fingerprint density at radius 1 is 0.455 bits per heavy atom. The molecule has 0 fully saturated rings. The highest BCUT2D eigenvalue weighted by Crippen LogP contribution is 2.33. The first-order valence-electron chi connectivity index (χ1n) is 11.3. The van der Waals surface area contributed by atoms with Gasteiger partial charge >= 0.3 is 0 Å². The molecule has 0 atom stereocenters. The number of benzene rings is 5. The zero-order valence-corrected chi connectivity index (χ0v) is 18.5. The van der Waals surface area contributed by atoms with Crippen molar-refractivity contribution in [3.8, 4) is 16.8 Å². The van der Waals surface area contributed by atoms with Gasteiger partial charge in [0, 0.05) is 34.9 Å². The van der Waals surface area contributed by atoms with Crippen LogP contribution in [-0.2, 0) is 0 Å². The van der Waals surface area contributed by atoms with Gasteiger partial charge in [0.05, 0.1) is 11.0 Å². The smallest absolute Gasteiger partial charge is 0.0541 e. The second kappa shape index (κ2) is 7.99. The van der Waals surface area contributed by atoms with Crippen LogP contribution < -0.4 is 4.90 Å². The van der Waals surface area contributed by atoms with Gasteiger partial charge in [-0.25, -0.2) is 0 Å². The van der Waals surface area contributed by atoms with E-state index in [9.17, 15) is 0 Å².